The average molecular weight is 290 g/mol. The second kappa shape index (κ2) is 5.82. The maximum atomic E-state index is 11.8. The summed E-state index contributed by atoms with van der Waals surface area (Å²) in [6.45, 7) is -0.455. The number of carboxylic acids is 1. The summed E-state index contributed by atoms with van der Waals surface area (Å²) in [7, 11) is 0. The van der Waals surface area contributed by atoms with E-state index in [0.717, 1.165) is 16.8 Å². The number of aromatic carboxylic acids is 1. The molecule has 0 spiro atoms. The summed E-state index contributed by atoms with van der Waals surface area (Å²) >= 11 is 0. The fourth-order valence-electron chi connectivity index (χ4n) is 1.59. The van der Waals surface area contributed by atoms with Crippen molar-refractivity contribution in [3.63, 3.8) is 0 Å². The lowest BCUT2D eigenvalue weighted by Crippen LogP contribution is -2.33. The number of pyridine rings is 1. The number of nitrogens with zero attached hydrogens (tertiary/aromatic N) is 2. The Labute approximate surface area is 116 Å². The first-order valence-electron chi connectivity index (χ1n) is 5.75. The Kier molecular flexibility index (Phi) is 3.93. The molecule has 0 aliphatic heterocycles. The van der Waals surface area contributed by atoms with Crippen molar-refractivity contribution in [1.29, 1.82) is 0 Å². The Hall–Kier alpha value is -3.23. The Bertz CT molecular complexity index is 808. The Morgan fingerprint density at radius 3 is 2.76 bits per heavy atom. The first-order chi connectivity index (χ1) is 9.97. The molecule has 0 atom stereocenters. The molecule has 0 aliphatic carbocycles. The first kappa shape index (κ1) is 14.2. The van der Waals surface area contributed by atoms with Gasteiger partial charge in [-0.1, -0.05) is 0 Å². The SMILES string of the molecule is O=C(Cn1[nH]c(=O)ccc1=O)Nc1cccnc1C(=O)O. The molecule has 108 valence electrons. The van der Waals surface area contributed by atoms with Gasteiger partial charge >= 0.3 is 5.97 Å². The lowest BCUT2D eigenvalue weighted by molar-refractivity contribution is -0.117. The van der Waals surface area contributed by atoms with Gasteiger partial charge in [0.15, 0.2) is 5.69 Å². The summed E-state index contributed by atoms with van der Waals surface area (Å²) in [6, 6.07) is 4.89. The summed E-state index contributed by atoms with van der Waals surface area (Å²) in [6.07, 6.45) is 1.28. The summed E-state index contributed by atoms with van der Waals surface area (Å²) in [4.78, 5) is 48.9. The van der Waals surface area contributed by atoms with Crippen LogP contribution < -0.4 is 16.4 Å². The number of carboxylic acid groups (broad SMARTS) is 1. The molecule has 2 aromatic heterocycles. The van der Waals surface area contributed by atoms with Gasteiger partial charge in [0.1, 0.15) is 6.54 Å². The monoisotopic (exact) mass is 290 g/mol. The number of H-pyrrole nitrogens is 1. The van der Waals surface area contributed by atoms with Crippen molar-refractivity contribution in [2.24, 2.45) is 0 Å². The molecule has 2 heterocycles. The highest BCUT2D eigenvalue weighted by atomic mass is 16.4. The van der Waals surface area contributed by atoms with E-state index >= 15 is 0 Å². The molecular formula is C12H10N4O5. The number of anilines is 1. The van der Waals surface area contributed by atoms with Gasteiger partial charge in [-0.25, -0.2) is 14.5 Å². The zero-order chi connectivity index (χ0) is 15.4. The Morgan fingerprint density at radius 2 is 2.05 bits per heavy atom. The van der Waals surface area contributed by atoms with Crippen molar-refractivity contribution in [3.05, 3.63) is 56.9 Å². The molecule has 0 radical (unpaired) electrons. The third-order valence-electron chi connectivity index (χ3n) is 2.47. The van der Waals surface area contributed by atoms with E-state index < -0.39 is 29.5 Å². The number of carbonyl (C=O) groups is 2. The summed E-state index contributed by atoms with van der Waals surface area (Å²) in [5.74, 6) is -1.97. The maximum absolute atomic E-state index is 11.8. The van der Waals surface area contributed by atoms with Gasteiger partial charge in [-0.2, -0.15) is 0 Å². The van der Waals surface area contributed by atoms with Crippen LogP contribution >= 0.6 is 0 Å². The smallest absolute Gasteiger partial charge is 0.356 e. The van der Waals surface area contributed by atoms with E-state index in [9.17, 15) is 19.2 Å². The fraction of sp³-hybridized carbons (Fsp3) is 0.0833. The van der Waals surface area contributed by atoms with Gasteiger partial charge in [0, 0.05) is 18.3 Å². The predicted molar refractivity (Wildman–Crippen MR) is 71.1 cm³/mol. The zero-order valence-electron chi connectivity index (χ0n) is 10.6. The van der Waals surface area contributed by atoms with Crippen molar-refractivity contribution in [2.75, 3.05) is 5.32 Å². The zero-order valence-corrected chi connectivity index (χ0v) is 10.6. The highest BCUT2D eigenvalue weighted by Crippen LogP contribution is 2.11. The topological polar surface area (TPSA) is 134 Å². The molecule has 0 saturated heterocycles. The first-order valence-corrected chi connectivity index (χ1v) is 5.75. The van der Waals surface area contributed by atoms with Crippen LogP contribution in [0.5, 0.6) is 0 Å². The summed E-state index contributed by atoms with van der Waals surface area (Å²) in [5, 5.41) is 13.4. The van der Waals surface area contributed by atoms with Gasteiger partial charge in [-0.15, -0.1) is 0 Å². The van der Waals surface area contributed by atoms with Crippen molar-refractivity contribution < 1.29 is 14.7 Å². The Balaban J connectivity index is 2.20. The number of hydrogen-bond acceptors (Lipinski definition) is 5. The van der Waals surface area contributed by atoms with Crippen LogP contribution in [0, 0.1) is 0 Å². The average Bonchev–Trinajstić information content (AvgIpc) is 2.43. The molecule has 2 rings (SSSR count). The van der Waals surface area contributed by atoms with Crippen LogP contribution in [0.2, 0.25) is 0 Å². The third-order valence-corrected chi connectivity index (χ3v) is 2.47. The van der Waals surface area contributed by atoms with Crippen LogP contribution in [0.3, 0.4) is 0 Å². The third kappa shape index (κ3) is 3.41. The van der Waals surface area contributed by atoms with E-state index in [1.165, 1.54) is 18.3 Å². The highest BCUT2D eigenvalue weighted by Gasteiger charge is 2.14. The number of aromatic nitrogens is 3. The van der Waals surface area contributed by atoms with Gasteiger partial charge in [0.05, 0.1) is 5.69 Å². The number of nitrogens with one attached hydrogen (secondary N) is 2. The molecule has 0 aromatic carbocycles. The number of amides is 1. The highest BCUT2D eigenvalue weighted by molar-refractivity contribution is 5.98. The van der Waals surface area contributed by atoms with Gasteiger partial charge in [-0.05, 0) is 12.1 Å². The maximum Gasteiger partial charge on any atom is 0.356 e. The van der Waals surface area contributed by atoms with Gasteiger partial charge in [-0.3, -0.25) is 19.5 Å². The lowest BCUT2D eigenvalue weighted by atomic mass is 10.3. The molecular weight excluding hydrogens is 280 g/mol. The minimum Gasteiger partial charge on any atom is -0.476 e. The van der Waals surface area contributed by atoms with Crippen LogP contribution in [-0.4, -0.2) is 31.7 Å². The second-order valence-corrected chi connectivity index (χ2v) is 3.99. The molecule has 9 heteroatoms. The molecule has 0 saturated carbocycles. The quantitative estimate of drug-likeness (QED) is 0.679. The molecule has 9 nitrogen and oxygen atoms in total. The molecule has 0 bridgehead atoms. The number of carbonyl (C=O) groups excluding carboxylic acids is 1. The Morgan fingerprint density at radius 1 is 1.29 bits per heavy atom. The normalized spacial score (nSPS) is 10.1. The summed E-state index contributed by atoms with van der Waals surface area (Å²) < 4.78 is 0.814. The van der Waals surface area contributed by atoms with E-state index in [1.807, 2.05) is 0 Å². The largest absolute Gasteiger partial charge is 0.476 e. The van der Waals surface area contributed by atoms with Crippen molar-refractivity contribution in [2.45, 2.75) is 6.54 Å². The molecule has 1 amide bonds. The summed E-state index contributed by atoms with van der Waals surface area (Å²) in [5.41, 5.74) is -1.41. The van der Waals surface area contributed by atoms with Gasteiger partial charge < -0.3 is 10.4 Å². The van der Waals surface area contributed by atoms with Gasteiger partial charge in [0.25, 0.3) is 11.1 Å². The van der Waals surface area contributed by atoms with Crippen LogP contribution in [0.25, 0.3) is 0 Å². The number of aromatic amines is 1. The molecule has 3 N–H and O–H groups in total. The molecule has 21 heavy (non-hydrogen) atoms. The second-order valence-electron chi connectivity index (χ2n) is 3.99. The van der Waals surface area contributed by atoms with Crippen LogP contribution in [-0.2, 0) is 11.3 Å². The van der Waals surface area contributed by atoms with Crippen LogP contribution in [0.4, 0.5) is 5.69 Å². The molecule has 0 unspecified atom stereocenters. The van der Waals surface area contributed by atoms with E-state index in [2.05, 4.69) is 15.4 Å². The molecule has 0 aliphatic rings. The standard InChI is InChI=1S/C12H10N4O5/c17-8-3-4-10(19)16(15-8)6-9(18)14-7-2-1-5-13-11(7)12(20)21/h1-5H,6H2,(H,14,18)(H,15,17)(H,20,21). The van der Waals surface area contributed by atoms with E-state index in [1.54, 1.807) is 0 Å². The number of hydrogen-bond donors (Lipinski definition) is 3. The minimum absolute atomic E-state index is 0.00123. The van der Waals surface area contributed by atoms with E-state index in [-0.39, 0.29) is 11.4 Å². The lowest BCUT2D eigenvalue weighted by Gasteiger charge is -2.08. The van der Waals surface area contributed by atoms with Crippen molar-refractivity contribution in [1.82, 2.24) is 14.8 Å². The van der Waals surface area contributed by atoms with Gasteiger partial charge in [0.2, 0.25) is 5.91 Å². The van der Waals surface area contributed by atoms with E-state index in [4.69, 9.17) is 5.11 Å². The van der Waals surface area contributed by atoms with Crippen molar-refractivity contribution >= 4 is 17.6 Å². The fourth-order valence-corrected chi connectivity index (χ4v) is 1.59. The molecule has 0 fully saturated rings. The predicted octanol–water partition coefficient (Wildman–Crippen LogP) is -0.731. The number of rotatable bonds is 4. The minimum atomic E-state index is -1.30. The van der Waals surface area contributed by atoms with Crippen molar-refractivity contribution in [3.8, 4) is 0 Å². The molecule has 2 aromatic rings. The van der Waals surface area contributed by atoms with E-state index in [0.29, 0.717) is 0 Å². The van der Waals surface area contributed by atoms with Crippen LogP contribution in [0.15, 0.2) is 40.1 Å². The van der Waals surface area contributed by atoms with Crippen LogP contribution in [0.1, 0.15) is 10.5 Å².